The van der Waals surface area contributed by atoms with E-state index in [2.05, 4.69) is 20.5 Å². The van der Waals surface area contributed by atoms with Gasteiger partial charge in [-0.05, 0) is 89.7 Å². The molecule has 37 heavy (non-hydrogen) atoms. The summed E-state index contributed by atoms with van der Waals surface area (Å²) in [4.78, 5) is 21.0. The molecule has 1 heterocycles. The number of halogens is 4. The second-order valence-electron chi connectivity index (χ2n) is 8.49. The molecule has 0 radical (unpaired) electrons. The summed E-state index contributed by atoms with van der Waals surface area (Å²) in [6.07, 6.45) is 4.93. The smallest absolute Gasteiger partial charge is 0.277 e. The van der Waals surface area contributed by atoms with Crippen molar-refractivity contribution in [2.24, 2.45) is 5.92 Å². The van der Waals surface area contributed by atoms with Gasteiger partial charge in [0.05, 0.1) is 28.6 Å². The van der Waals surface area contributed by atoms with Crippen LogP contribution in [0.25, 0.3) is 0 Å². The van der Waals surface area contributed by atoms with Crippen LogP contribution in [0, 0.1) is 28.0 Å². The minimum atomic E-state index is -4.58. The predicted octanol–water partition coefficient (Wildman–Crippen LogP) is 5.22. The second kappa shape index (κ2) is 11.6. The highest BCUT2D eigenvalue weighted by Crippen LogP contribution is 2.34. The lowest BCUT2D eigenvalue weighted by atomic mass is 10.1. The molecule has 0 unspecified atom stereocenters. The van der Waals surface area contributed by atoms with E-state index in [1.165, 1.54) is 12.3 Å². The van der Waals surface area contributed by atoms with Crippen molar-refractivity contribution in [3.05, 3.63) is 79.6 Å². The van der Waals surface area contributed by atoms with Gasteiger partial charge >= 0.3 is 0 Å². The van der Waals surface area contributed by atoms with E-state index >= 15 is 8.78 Å². The van der Waals surface area contributed by atoms with E-state index in [1.807, 2.05) is 22.6 Å². The number of aryl methyl sites for hydroxylation is 1. The molecule has 1 amide bonds. The number of sulfonamides is 1. The summed E-state index contributed by atoms with van der Waals surface area (Å²) in [5, 5.41) is 2.81. The molecule has 4 rings (SSSR count). The highest BCUT2D eigenvalue weighted by Gasteiger charge is 2.30. The Morgan fingerprint density at radius 1 is 1.22 bits per heavy atom. The number of anilines is 2. The van der Waals surface area contributed by atoms with Crippen molar-refractivity contribution in [2.45, 2.75) is 31.2 Å². The van der Waals surface area contributed by atoms with Gasteiger partial charge in [0.1, 0.15) is 4.90 Å². The van der Waals surface area contributed by atoms with Crippen molar-refractivity contribution in [3.8, 4) is 0 Å². The van der Waals surface area contributed by atoms with Crippen LogP contribution in [0.2, 0.25) is 5.02 Å². The molecule has 8 nitrogen and oxygen atoms in total. The number of nitrogens with one attached hydrogen (secondary N) is 3. The van der Waals surface area contributed by atoms with Crippen LogP contribution in [0.15, 0.2) is 47.6 Å². The Labute approximate surface area is 231 Å². The number of hydroxylamine groups is 1. The topological polar surface area (TPSA) is 109 Å². The van der Waals surface area contributed by atoms with Crippen LogP contribution in [0.4, 0.5) is 20.2 Å². The lowest BCUT2D eigenvalue weighted by Gasteiger charge is -2.17. The van der Waals surface area contributed by atoms with E-state index in [1.54, 1.807) is 31.3 Å². The predicted molar refractivity (Wildman–Crippen MR) is 143 cm³/mol. The Morgan fingerprint density at radius 3 is 2.65 bits per heavy atom. The molecular formula is C24H22ClF2IN4O4S. The summed E-state index contributed by atoms with van der Waals surface area (Å²) >= 11 is 8.26. The molecule has 0 aliphatic heterocycles. The van der Waals surface area contributed by atoms with Crippen LogP contribution >= 0.6 is 34.2 Å². The molecule has 1 saturated carbocycles. The average Bonchev–Trinajstić information content (AvgIpc) is 3.67. The van der Waals surface area contributed by atoms with Crippen molar-refractivity contribution >= 4 is 61.5 Å². The molecule has 0 saturated heterocycles. The molecule has 13 heteroatoms. The Morgan fingerprint density at radius 2 is 1.97 bits per heavy atom. The van der Waals surface area contributed by atoms with Gasteiger partial charge in [-0.15, -0.1) is 0 Å². The standard InChI is InChI=1S/C24H22ClF2IN4O4S/c1-13-6-7-29-10-15(13)11-30-37(34,35)20-9-17(24(33)32-36-12-14-2-3-14)23(22(27)21(20)26)31-19-5-4-16(28)8-18(19)25/h4-10,14,30-31H,2-3,11-12H2,1H3,(H,32,33). The molecule has 0 spiro atoms. The largest absolute Gasteiger partial charge is 0.351 e. The van der Waals surface area contributed by atoms with Crippen molar-refractivity contribution in [1.82, 2.24) is 15.2 Å². The van der Waals surface area contributed by atoms with Gasteiger partial charge in [0.25, 0.3) is 5.91 Å². The fourth-order valence-electron chi connectivity index (χ4n) is 3.32. The summed E-state index contributed by atoms with van der Waals surface area (Å²) in [6, 6.07) is 7.22. The zero-order chi connectivity index (χ0) is 26.7. The highest BCUT2D eigenvalue weighted by atomic mass is 127. The Bertz CT molecular complexity index is 1450. The SMILES string of the molecule is Cc1ccncc1CNS(=O)(=O)c1cc(C(=O)NOCC2CC2)c(Nc2ccc(I)cc2Cl)c(F)c1F. The van der Waals surface area contributed by atoms with Gasteiger partial charge in [0.15, 0.2) is 11.6 Å². The minimum Gasteiger partial charge on any atom is -0.351 e. The lowest BCUT2D eigenvalue weighted by molar-refractivity contribution is 0.0270. The van der Waals surface area contributed by atoms with Crippen molar-refractivity contribution < 1.29 is 26.8 Å². The zero-order valence-electron chi connectivity index (χ0n) is 19.4. The van der Waals surface area contributed by atoms with Crippen LogP contribution in [0.3, 0.4) is 0 Å². The summed E-state index contributed by atoms with van der Waals surface area (Å²) in [5.74, 6) is -3.87. The zero-order valence-corrected chi connectivity index (χ0v) is 23.2. The van der Waals surface area contributed by atoms with E-state index < -0.39 is 43.7 Å². The highest BCUT2D eigenvalue weighted by molar-refractivity contribution is 14.1. The van der Waals surface area contributed by atoms with E-state index in [4.69, 9.17) is 16.4 Å². The number of rotatable bonds is 10. The van der Waals surface area contributed by atoms with E-state index in [0.717, 1.165) is 28.0 Å². The Hall–Kier alpha value is -2.39. The molecule has 3 N–H and O–H groups in total. The summed E-state index contributed by atoms with van der Waals surface area (Å²) in [6.45, 7) is 1.79. The summed E-state index contributed by atoms with van der Waals surface area (Å²) in [5.41, 5.74) is 2.60. The van der Waals surface area contributed by atoms with Gasteiger partial charge in [-0.3, -0.25) is 14.6 Å². The molecule has 1 aromatic heterocycles. The normalized spacial score (nSPS) is 13.4. The van der Waals surface area contributed by atoms with Gasteiger partial charge in [0, 0.05) is 22.5 Å². The monoisotopic (exact) mass is 662 g/mol. The van der Waals surface area contributed by atoms with E-state index in [0.29, 0.717) is 11.5 Å². The second-order valence-corrected chi connectivity index (χ2v) is 11.9. The van der Waals surface area contributed by atoms with Gasteiger partial charge in [0.2, 0.25) is 10.0 Å². The fraction of sp³-hybridized carbons (Fsp3) is 0.250. The maximum absolute atomic E-state index is 15.4. The molecule has 1 aliphatic rings. The number of aromatic nitrogens is 1. The molecule has 3 aromatic rings. The fourth-order valence-corrected chi connectivity index (χ4v) is 5.32. The molecule has 0 atom stereocenters. The Balaban J connectivity index is 1.70. The van der Waals surface area contributed by atoms with Gasteiger partial charge in [-0.25, -0.2) is 27.4 Å². The molecular weight excluding hydrogens is 641 g/mol. The number of amides is 1. The molecule has 1 fully saturated rings. The third-order valence-corrected chi connectivity index (χ3v) is 8.06. The number of pyridine rings is 1. The first-order valence-electron chi connectivity index (χ1n) is 11.1. The number of benzene rings is 2. The quantitative estimate of drug-likeness (QED) is 0.203. The first-order valence-corrected chi connectivity index (χ1v) is 14.1. The third-order valence-electron chi connectivity index (χ3n) is 5.68. The lowest BCUT2D eigenvalue weighted by Crippen LogP contribution is -2.28. The molecule has 196 valence electrons. The Kier molecular flexibility index (Phi) is 8.63. The van der Waals surface area contributed by atoms with E-state index in [-0.39, 0.29) is 23.9 Å². The van der Waals surface area contributed by atoms with Crippen molar-refractivity contribution in [3.63, 3.8) is 0 Å². The van der Waals surface area contributed by atoms with Gasteiger partial charge < -0.3 is 5.32 Å². The number of carbonyl (C=O) groups excluding carboxylic acids is 1. The first kappa shape index (κ1) is 27.6. The number of hydrogen-bond donors (Lipinski definition) is 3. The molecule has 0 bridgehead atoms. The summed E-state index contributed by atoms with van der Waals surface area (Å²) in [7, 11) is -4.58. The average molecular weight is 663 g/mol. The van der Waals surface area contributed by atoms with Crippen LogP contribution in [0.1, 0.15) is 34.3 Å². The minimum absolute atomic E-state index is 0.188. The van der Waals surface area contributed by atoms with Crippen LogP contribution in [-0.4, -0.2) is 25.9 Å². The number of hydrogen-bond acceptors (Lipinski definition) is 6. The van der Waals surface area contributed by atoms with E-state index in [9.17, 15) is 13.2 Å². The van der Waals surface area contributed by atoms with Crippen LogP contribution in [-0.2, 0) is 21.4 Å². The number of nitrogens with zero attached hydrogens (tertiary/aromatic N) is 1. The van der Waals surface area contributed by atoms with Crippen LogP contribution < -0.4 is 15.5 Å². The maximum Gasteiger partial charge on any atom is 0.277 e. The molecule has 2 aromatic carbocycles. The molecule has 1 aliphatic carbocycles. The van der Waals surface area contributed by atoms with Crippen LogP contribution in [0.5, 0.6) is 0 Å². The first-order chi connectivity index (χ1) is 17.6. The number of carbonyl (C=O) groups is 1. The third kappa shape index (κ3) is 6.74. The van der Waals surface area contributed by atoms with Gasteiger partial charge in [-0.1, -0.05) is 11.6 Å². The maximum atomic E-state index is 15.4. The summed E-state index contributed by atoms with van der Waals surface area (Å²) < 4.78 is 59.6. The van der Waals surface area contributed by atoms with Crippen molar-refractivity contribution in [2.75, 3.05) is 11.9 Å². The van der Waals surface area contributed by atoms with Crippen molar-refractivity contribution in [1.29, 1.82) is 0 Å². The van der Waals surface area contributed by atoms with Gasteiger partial charge in [-0.2, -0.15) is 0 Å².